The van der Waals surface area contributed by atoms with E-state index < -0.39 is 5.97 Å². The van der Waals surface area contributed by atoms with Crippen LogP contribution in [0.3, 0.4) is 0 Å². The first-order chi connectivity index (χ1) is 8.58. The van der Waals surface area contributed by atoms with Crippen molar-refractivity contribution in [3.05, 3.63) is 29.3 Å². The molecule has 0 saturated heterocycles. The molecule has 18 heavy (non-hydrogen) atoms. The highest BCUT2D eigenvalue weighted by Gasteiger charge is 2.43. The van der Waals surface area contributed by atoms with Crippen molar-refractivity contribution in [2.45, 2.75) is 19.8 Å². The molecule has 4 heteroatoms. The molecule has 1 aromatic rings. The van der Waals surface area contributed by atoms with Gasteiger partial charge in [-0.25, -0.2) is 4.79 Å². The van der Waals surface area contributed by atoms with E-state index in [0.29, 0.717) is 12.5 Å². The van der Waals surface area contributed by atoms with Crippen molar-refractivity contribution in [2.24, 2.45) is 11.8 Å². The first-order valence-electron chi connectivity index (χ1n) is 6.25. The number of carboxylic acid groups (broad SMARTS) is 1. The highest BCUT2D eigenvalue weighted by atomic mass is 16.4. The average Bonchev–Trinajstić information content (AvgIpc) is 2.92. The molecule has 1 amide bonds. The molecular weight excluding hydrogens is 230 g/mol. The summed E-state index contributed by atoms with van der Waals surface area (Å²) in [5.41, 5.74) is 2.11. The van der Waals surface area contributed by atoms with Crippen LogP contribution in [0.2, 0.25) is 0 Å². The van der Waals surface area contributed by atoms with Crippen molar-refractivity contribution in [1.82, 2.24) is 0 Å². The molecule has 0 aromatic heterocycles. The fourth-order valence-electron chi connectivity index (χ4n) is 2.61. The third-order valence-electron chi connectivity index (χ3n) is 3.92. The van der Waals surface area contributed by atoms with Gasteiger partial charge in [0.1, 0.15) is 0 Å². The van der Waals surface area contributed by atoms with Gasteiger partial charge in [0.25, 0.3) is 0 Å². The van der Waals surface area contributed by atoms with E-state index in [1.54, 1.807) is 17.0 Å². The number of aromatic carboxylic acids is 1. The molecule has 0 bridgehead atoms. The van der Waals surface area contributed by atoms with Gasteiger partial charge in [0.05, 0.1) is 5.56 Å². The van der Waals surface area contributed by atoms with Crippen LogP contribution in [0, 0.1) is 11.8 Å². The summed E-state index contributed by atoms with van der Waals surface area (Å²) in [6.45, 7) is 2.76. The van der Waals surface area contributed by atoms with Gasteiger partial charge in [0.2, 0.25) is 5.91 Å². The number of nitrogens with zero attached hydrogens (tertiary/aromatic N) is 1. The molecule has 94 valence electrons. The fourth-order valence-corrected chi connectivity index (χ4v) is 2.61. The van der Waals surface area contributed by atoms with Crippen LogP contribution in [-0.2, 0) is 11.2 Å². The van der Waals surface area contributed by atoms with Gasteiger partial charge < -0.3 is 10.0 Å². The summed E-state index contributed by atoms with van der Waals surface area (Å²) in [6, 6.07) is 5.05. The Bertz CT molecular complexity index is 538. The Hall–Kier alpha value is -1.84. The maximum atomic E-state index is 12.2. The highest BCUT2D eigenvalue weighted by molar-refractivity contribution is 6.00. The van der Waals surface area contributed by atoms with Crippen LogP contribution < -0.4 is 4.90 Å². The number of benzene rings is 1. The summed E-state index contributed by atoms with van der Waals surface area (Å²) >= 11 is 0. The first kappa shape index (κ1) is 11.3. The summed E-state index contributed by atoms with van der Waals surface area (Å²) in [5, 5.41) is 9.00. The topological polar surface area (TPSA) is 57.6 Å². The van der Waals surface area contributed by atoms with Crippen molar-refractivity contribution < 1.29 is 14.7 Å². The van der Waals surface area contributed by atoms with Crippen LogP contribution in [0.1, 0.15) is 29.3 Å². The molecule has 0 radical (unpaired) electrons. The second-order valence-corrected chi connectivity index (χ2v) is 5.21. The minimum Gasteiger partial charge on any atom is -0.478 e. The van der Waals surface area contributed by atoms with Crippen molar-refractivity contribution in [3.63, 3.8) is 0 Å². The molecule has 1 aromatic carbocycles. The van der Waals surface area contributed by atoms with Gasteiger partial charge in [0, 0.05) is 18.2 Å². The lowest BCUT2D eigenvalue weighted by atomic mass is 10.1. The van der Waals surface area contributed by atoms with E-state index in [1.807, 2.05) is 6.07 Å². The number of fused-ring (bicyclic) bond motifs is 1. The largest absolute Gasteiger partial charge is 0.478 e. The SMILES string of the molecule is CC1CC1C(=O)N1CCc2ccc(C(=O)O)cc21. The predicted octanol–water partition coefficient (Wildman–Crippen LogP) is 1.93. The fraction of sp³-hybridized carbons (Fsp3) is 0.429. The van der Waals surface area contributed by atoms with Crippen LogP contribution >= 0.6 is 0 Å². The van der Waals surface area contributed by atoms with E-state index in [-0.39, 0.29) is 17.4 Å². The summed E-state index contributed by atoms with van der Waals surface area (Å²) in [4.78, 5) is 25.0. The molecule has 1 aliphatic carbocycles. The van der Waals surface area contributed by atoms with Gasteiger partial charge >= 0.3 is 5.97 Å². The van der Waals surface area contributed by atoms with E-state index in [0.717, 1.165) is 24.1 Å². The monoisotopic (exact) mass is 245 g/mol. The molecule has 2 unspecified atom stereocenters. The Labute approximate surface area is 105 Å². The highest BCUT2D eigenvalue weighted by Crippen LogP contribution is 2.41. The zero-order chi connectivity index (χ0) is 12.9. The second kappa shape index (κ2) is 3.83. The van der Waals surface area contributed by atoms with Gasteiger partial charge in [0.15, 0.2) is 0 Å². The van der Waals surface area contributed by atoms with E-state index >= 15 is 0 Å². The molecule has 3 rings (SSSR count). The molecule has 2 aliphatic rings. The molecular formula is C14H15NO3. The lowest BCUT2D eigenvalue weighted by molar-refractivity contribution is -0.119. The number of carboxylic acids is 1. The van der Waals surface area contributed by atoms with E-state index in [9.17, 15) is 9.59 Å². The van der Waals surface area contributed by atoms with Crippen LogP contribution in [0.15, 0.2) is 18.2 Å². The smallest absolute Gasteiger partial charge is 0.335 e. The van der Waals surface area contributed by atoms with Crippen LogP contribution in [-0.4, -0.2) is 23.5 Å². The average molecular weight is 245 g/mol. The Morgan fingerprint density at radius 2 is 2.11 bits per heavy atom. The number of anilines is 1. The summed E-state index contributed by atoms with van der Waals surface area (Å²) in [5.74, 6) is -0.172. The molecule has 1 heterocycles. The van der Waals surface area contributed by atoms with Crippen molar-refractivity contribution in [2.75, 3.05) is 11.4 Å². The van der Waals surface area contributed by atoms with E-state index in [1.165, 1.54) is 0 Å². The number of carbonyl (C=O) groups excluding carboxylic acids is 1. The Kier molecular flexibility index (Phi) is 2.40. The van der Waals surface area contributed by atoms with E-state index in [4.69, 9.17) is 5.11 Å². The van der Waals surface area contributed by atoms with Crippen LogP contribution in [0.4, 0.5) is 5.69 Å². The van der Waals surface area contributed by atoms with Gasteiger partial charge in [-0.2, -0.15) is 0 Å². The van der Waals surface area contributed by atoms with Crippen LogP contribution in [0.25, 0.3) is 0 Å². The Balaban J connectivity index is 1.92. The third-order valence-corrected chi connectivity index (χ3v) is 3.92. The number of rotatable bonds is 2. The van der Waals surface area contributed by atoms with Crippen molar-refractivity contribution >= 4 is 17.6 Å². The lowest BCUT2D eigenvalue weighted by Gasteiger charge is -2.17. The quantitative estimate of drug-likeness (QED) is 0.866. The first-order valence-corrected chi connectivity index (χ1v) is 6.25. The lowest BCUT2D eigenvalue weighted by Crippen LogP contribution is -2.30. The molecule has 1 N–H and O–H groups in total. The predicted molar refractivity (Wildman–Crippen MR) is 66.7 cm³/mol. The Morgan fingerprint density at radius 1 is 1.39 bits per heavy atom. The van der Waals surface area contributed by atoms with Gasteiger partial charge in [-0.3, -0.25) is 4.79 Å². The maximum absolute atomic E-state index is 12.2. The van der Waals surface area contributed by atoms with Crippen molar-refractivity contribution in [3.8, 4) is 0 Å². The molecule has 4 nitrogen and oxygen atoms in total. The minimum absolute atomic E-state index is 0.143. The van der Waals surface area contributed by atoms with Crippen LogP contribution in [0.5, 0.6) is 0 Å². The Morgan fingerprint density at radius 3 is 2.72 bits per heavy atom. The number of amides is 1. The molecule has 1 fully saturated rings. The normalized spacial score (nSPS) is 24.8. The third kappa shape index (κ3) is 1.68. The summed E-state index contributed by atoms with van der Waals surface area (Å²) in [7, 11) is 0. The minimum atomic E-state index is -0.947. The summed E-state index contributed by atoms with van der Waals surface area (Å²) < 4.78 is 0. The summed E-state index contributed by atoms with van der Waals surface area (Å²) in [6.07, 6.45) is 1.78. The molecule has 2 atom stereocenters. The van der Waals surface area contributed by atoms with Gasteiger partial charge in [-0.05, 0) is 36.5 Å². The zero-order valence-corrected chi connectivity index (χ0v) is 10.2. The van der Waals surface area contributed by atoms with Crippen molar-refractivity contribution in [1.29, 1.82) is 0 Å². The second-order valence-electron chi connectivity index (χ2n) is 5.21. The van der Waals surface area contributed by atoms with Gasteiger partial charge in [-0.1, -0.05) is 13.0 Å². The van der Waals surface area contributed by atoms with E-state index in [2.05, 4.69) is 6.92 Å². The molecule has 0 spiro atoms. The maximum Gasteiger partial charge on any atom is 0.335 e. The molecule has 1 saturated carbocycles. The zero-order valence-electron chi connectivity index (χ0n) is 10.2. The number of hydrogen-bond acceptors (Lipinski definition) is 2. The molecule has 1 aliphatic heterocycles. The standard InChI is InChI=1S/C14H15NO3/c1-8-6-11(8)13(16)15-5-4-9-2-3-10(14(17)18)7-12(9)15/h2-3,7-8,11H,4-6H2,1H3,(H,17,18). The van der Waals surface area contributed by atoms with Gasteiger partial charge in [-0.15, -0.1) is 0 Å². The number of hydrogen-bond donors (Lipinski definition) is 1. The number of carbonyl (C=O) groups is 2.